The van der Waals surface area contributed by atoms with Gasteiger partial charge in [0.05, 0.1) is 18.5 Å². The fraction of sp³-hybridized carbons (Fsp3) is 0.500. The zero-order valence-corrected chi connectivity index (χ0v) is 17.3. The summed E-state index contributed by atoms with van der Waals surface area (Å²) < 4.78 is 6.04. The maximum Gasteiger partial charge on any atom is 0.151 e. The summed E-state index contributed by atoms with van der Waals surface area (Å²) in [4.78, 5) is 7.12. The van der Waals surface area contributed by atoms with Crippen molar-refractivity contribution in [2.24, 2.45) is 11.1 Å². The summed E-state index contributed by atoms with van der Waals surface area (Å²) in [6.07, 6.45) is 5.17. The van der Waals surface area contributed by atoms with Crippen LogP contribution in [0.15, 0.2) is 29.4 Å². The van der Waals surface area contributed by atoms with Gasteiger partial charge in [-0.05, 0) is 81.3 Å². The number of ether oxygens (including phenoxy) is 1. The molecule has 2 aromatic rings. The molecule has 0 N–H and O–H groups in total. The molecule has 150 valence electrons. The molecule has 6 nitrogen and oxygen atoms in total. The number of oxime groups is 1. The Morgan fingerprint density at radius 3 is 2.43 bits per heavy atom. The molecule has 0 radical (unpaired) electrons. The van der Waals surface area contributed by atoms with Gasteiger partial charge in [0.1, 0.15) is 12.9 Å². The summed E-state index contributed by atoms with van der Waals surface area (Å²) in [6, 6.07) is 8.24. The van der Waals surface area contributed by atoms with E-state index in [0.717, 1.165) is 60.1 Å². The van der Waals surface area contributed by atoms with Gasteiger partial charge in [-0.25, -0.2) is 0 Å². The molecule has 1 aliphatic heterocycles. The van der Waals surface area contributed by atoms with Crippen molar-refractivity contribution in [2.45, 2.75) is 40.0 Å². The van der Waals surface area contributed by atoms with E-state index in [1.807, 2.05) is 13.0 Å². The maximum atomic E-state index is 6.04. The van der Waals surface area contributed by atoms with Crippen molar-refractivity contribution < 1.29 is 9.57 Å². The molecule has 6 heteroatoms. The van der Waals surface area contributed by atoms with E-state index in [1.54, 1.807) is 13.3 Å². The van der Waals surface area contributed by atoms with Crippen LogP contribution in [0.1, 0.15) is 41.6 Å². The van der Waals surface area contributed by atoms with E-state index in [-0.39, 0.29) is 0 Å². The van der Waals surface area contributed by atoms with Gasteiger partial charge in [0, 0.05) is 18.7 Å². The smallest absolute Gasteiger partial charge is 0.151 e. The third-order valence-corrected chi connectivity index (χ3v) is 5.37. The molecule has 0 saturated carbocycles. The van der Waals surface area contributed by atoms with Crippen LogP contribution in [0, 0.1) is 26.7 Å². The van der Waals surface area contributed by atoms with Crippen molar-refractivity contribution in [1.82, 2.24) is 10.2 Å². The molecule has 1 aliphatic rings. The molecule has 1 aromatic carbocycles. The maximum absolute atomic E-state index is 6.04. The number of hydrogen-bond acceptors (Lipinski definition) is 6. The lowest BCUT2D eigenvalue weighted by Gasteiger charge is -2.32. The average Bonchev–Trinajstić information content (AvgIpc) is 2.69. The number of piperidine rings is 1. The highest BCUT2D eigenvalue weighted by Gasteiger charge is 2.20. The van der Waals surface area contributed by atoms with Gasteiger partial charge in [-0.15, -0.1) is 5.10 Å². The van der Waals surface area contributed by atoms with E-state index < -0.39 is 0 Å². The van der Waals surface area contributed by atoms with E-state index in [0.29, 0.717) is 5.92 Å². The zero-order chi connectivity index (χ0) is 19.9. The Bertz CT molecular complexity index is 774. The number of benzene rings is 1. The van der Waals surface area contributed by atoms with Gasteiger partial charge in [0.15, 0.2) is 5.82 Å². The Morgan fingerprint density at radius 1 is 1.11 bits per heavy atom. The number of anilines is 1. The highest BCUT2D eigenvalue weighted by molar-refractivity contribution is 5.83. The first kappa shape index (κ1) is 20.1. The van der Waals surface area contributed by atoms with Crippen LogP contribution in [0.4, 0.5) is 5.82 Å². The van der Waals surface area contributed by atoms with Gasteiger partial charge < -0.3 is 14.5 Å². The molecule has 1 aromatic heterocycles. The van der Waals surface area contributed by atoms with Crippen LogP contribution in [0.3, 0.4) is 0 Å². The number of nitrogens with zero attached hydrogens (tertiary/aromatic N) is 4. The lowest BCUT2D eigenvalue weighted by atomic mass is 9.94. The van der Waals surface area contributed by atoms with Crippen LogP contribution in [0.5, 0.6) is 5.75 Å². The minimum atomic E-state index is 0.699. The molecule has 3 rings (SSSR count). The first-order valence-electron chi connectivity index (χ1n) is 9.92. The fourth-order valence-corrected chi connectivity index (χ4v) is 3.68. The zero-order valence-electron chi connectivity index (χ0n) is 17.3. The number of hydrogen-bond donors (Lipinski definition) is 0. The largest absolute Gasteiger partial charge is 0.494 e. The van der Waals surface area contributed by atoms with Gasteiger partial charge in [0.2, 0.25) is 0 Å². The third kappa shape index (κ3) is 5.21. The van der Waals surface area contributed by atoms with Crippen molar-refractivity contribution in [3.8, 4) is 5.75 Å². The minimum Gasteiger partial charge on any atom is -0.494 e. The van der Waals surface area contributed by atoms with Crippen LogP contribution >= 0.6 is 0 Å². The average molecular weight is 383 g/mol. The van der Waals surface area contributed by atoms with Crippen molar-refractivity contribution in [2.75, 3.05) is 31.7 Å². The topological polar surface area (TPSA) is 59.8 Å². The normalized spacial score (nSPS) is 15.2. The summed E-state index contributed by atoms with van der Waals surface area (Å²) >= 11 is 0. The summed E-state index contributed by atoms with van der Waals surface area (Å²) in [5, 5.41) is 12.3. The second kappa shape index (κ2) is 9.53. The molecule has 0 atom stereocenters. The molecule has 1 saturated heterocycles. The Kier molecular flexibility index (Phi) is 6.85. The van der Waals surface area contributed by atoms with Gasteiger partial charge in [-0.1, -0.05) is 5.16 Å². The second-order valence-corrected chi connectivity index (χ2v) is 7.49. The fourth-order valence-electron chi connectivity index (χ4n) is 3.68. The molecule has 0 unspecified atom stereocenters. The lowest BCUT2D eigenvalue weighted by molar-refractivity contribution is 0.215. The Balaban J connectivity index is 1.46. The standard InChI is InChI=1S/C22H30N4O2/c1-16-13-20(14-17(2)21(16)15-23-27-4)28-12-9-19-7-10-26(11-8-19)22-6-5-18(3)24-25-22/h5-6,13-15,19H,7-12H2,1-4H3. The minimum absolute atomic E-state index is 0.699. The van der Waals surface area contributed by atoms with Gasteiger partial charge >= 0.3 is 0 Å². The van der Waals surface area contributed by atoms with Crippen molar-refractivity contribution in [3.05, 3.63) is 46.6 Å². The van der Waals surface area contributed by atoms with E-state index in [1.165, 1.54) is 12.8 Å². The first-order chi connectivity index (χ1) is 13.6. The van der Waals surface area contributed by atoms with E-state index in [9.17, 15) is 0 Å². The Hall–Kier alpha value is -2.63. The van der Waals surface area contributed by atoms with Gasteiger partial charge in [-0.3, -0.25) is 0 Å². The molecular formula is C22H30N4O2. The Morgan fingerprint density at radius 2 is 1.82 bits per heavy atom. The van der Waals surface area contributed by atoms with Crippen molar-refractivity contribution in [3.63, 3.8) is 0 Å². The molecule has 0 spiro atoms. The van der Waals surface area contributed by atoms with Crippen LogP contribution in [0.25, 0.3) is 0 Å². The predicted octanol–water partition coefficient (Wildman–Crippen LogP) is 4.07. The van der Waals surface area contributed by atoms with Crippen LogP contribution in [-0.4, -0.2) is 43.2 Å². The third-order valence-electron chi connectivity index (χ3n) is 5.37. The SMILES string of the molecule is CON=Cc1c(C)cc(OCCC2CCN(c3ccc(C)nn3)CC2)cc1C. The summed E-state index contributed by atoms with van der Waals surface area (Å²) in [6.45, 7) is 8.93. The van der Waals surface area contributed by atoms with Crippen molar-refractivity contribution >= 4 is 12.0 Å². The lowest BCUT2D eigenvalue weighted by Crippen LogP contribution is -2.34. The molecule has 0 aliphatic carbocycles. The van der Waals surface area contributed by atoms with Crippen LogP contribution in [-0.2, 0) is 4.84 Å². The molecule has 28 heavy (non-hydrogen) atoms. The van der Waals surface area contributed by atoms with Gasteiger partial charge in [-0.2, -0.15) is 5.10 Å². The number of aromatic nitrogens is 2. The van der Waals surface area contributed by atoms with Crippen LogP contribution in [0.2, 0.25) is 0 Å². The summed E-state index contributed by atoms with van der Waals surface area (Å²) in [5.41, 5.74) is 4.33. The molecule has 0 bridgehead atoms. The van der Waals surface area contributed by atoms with E-state index in [2.05, 4.69) is 52.3 Å². The number of aryl methyl sites for hydroxylation is 3. The predicted molar refractivity (Wildman–Crippen MR) is 112 cm³/mol. The van der Waals surface area contributed by atoms with Gasteiger partial charge in [0.25, 0.3) is 0 Å². The first-order valence-corrected chi connectivity index (χ1v) is 9.92. The van der Waals surface area contributed by atoms with E-state index in [4.69, 9.17) is 9.57 Å². The highest BCUT2D eigenvalue weighted by Crippen LogP contribution is 2.25. The summed E-state index contributed by atoms with van der Waals surface area (Å²) in [5.74, 6) is 2.62. The van der Waals surface area contributed by atoms with Crippen molar-refractivity contribution in [1.29, 1.82) is 0 Å². The second-order valence-electron chi connectivity index (χ2n) is 7.49. The molecule has 1 fully saturated rings. The van der Waals surface area contributed by atoms with E-state index >= 15 is 0 Å². The van der Waals surface area contributed by atoms with Crippen LogP contribution < -0.4 is 9.64 Å². The Labute approximate surface area is 167 Å². The summed E-state index contributed by atoms with van der Waals surface area (Å²) in [7, 11) is 1.55. The quantitative estimate of drug-likeness (QED) is 0.534. The molecule has 2 heterocycles. The molecule has 0 amide bonds. The number of rotatable bonds is 7. The monoisotopic (exact) mass is 382 g/mol. The highest BCUT2D eigenvalue weighted by atomic mass is 16.6. The molecular weight excluding hydrogens is 352 g/mol.